The van der Waals surface area contributed by atoms with E-state index in [1.54, 1.807) is 12.1 Å². The highest BCUT2D eigenvalue weighted by atomic mass is 19.1. The van der Waals surface area contributed by atoms with Crippen LogP contribution in [0.15, 0.2) is 18.2 Å². The number of hydrogen-bond donors (Lipinski definition) is 0. The molecule has 0 spiro atoms. The smallest absolute Gasteiger partial charge is 0.141 e. The zero-order valence-corrected chi connectivity index (χ0v) is 12.2. The topological polar surface area (TPSA) is 23.8 Å². The Bertz CT molecular complexity index is 530. The van der Waals surface area contributed by atoms with E-state index in [9.17, 15) is 4.39 Å². The highest BCUT2D eigenvalue weighted by Crippen LogP contribution is 2.59. The van der Waals surface area contributed by atoms with E-state index in [-0.39, 0.29) is 16.8 Å². The van der Waals surface area contributed by atoms with E-state index >= 15 is 0 Å². The van der Waals surface area contributed by atoms with Gasteiger partial charge in [-0.1, -0.05) is 19.4 Å². The van der Waals surface area contributed by atoms with Gasteiger partial charge in [-0.25, -0.2) is 4.39 Å². The van der Waals surface area contributed by atoms with E-state index in [0.717, 1.165) is 5.56 Å². The summed E-state index contributed by atoms with van der Waals surface area (Å²) in [7, 11) is 0. The predicted molar refractivity (Wildman–Crippen MR) is 77.8 cm³/mol. The van der Waals surface area contributed by atoms with Crippen LogP contribution in [-0.4, -0.2) is 0 Å². The van der Waals surface area contributed by atoms with Crippen molar-refractivity contribution in [1.29, 1.82) is 5.26 Å². The second kappa shape index (κ2) is 4.88. The Hall–Kier alpha value is -1.36. The fraction of sp³-hybridized carbons (Fsp3) is 0.611. The summed E-state index contributed by atoms with van der Waals surface area (Å²) in [6.07, 6.45) is 10.1. The summed E-state index contributed by atoms with van der Waals surface area (Å²) in [6.45, 7) is 2.28. The molecule has 0 atom stereocenters. The number of hydrogen-bond acceptors (Lipinski definition) is 1. The summed E-state index contributed by atoms with van der Waals surface area (Å²) in [5, 5.41) is 8.85. The number of fused-ring (bicyclic) bond motifs is 3. The van der Waals surface area contributed by atoms with Crippen molar-refractivity contribution in [1.82, 2.24) is 0 Å². The van der Waals surface area contributed by atoms with Crippen LogP contribution in [0, 0.1) is 22.6 Å². The Morgan fingerprint density at radius 3 is 2.30 bits per heavy atom. The normalized spacial score (nSPS) is 32.0. The predicted octanol–water partition coefficient (Wildman–Crippen LogP) is 5.09. The molecule has 1 nitrogen and oxygen atoms in total. The van der Waals surface area contributed by atoms with Crippen molar-refractivity contribution in [3.8, 4) is 6.07 Å². The first-order valence-corrected chi connectivity index (χ1v) is 7.83. The van der Waals surface area contributed by atoms with Gasteiger partial charge in [0.25, 0.3) is 0 Å². The maximum atomic E-state index is 13.9. The second-order valence-electron chi connectivity index (χ2n) is 6.84. The molecule has 1 aromatic carbocycles. The van der Waals surface area contributed by atoms with Gasteiger partial charge in [0.05, 0.1) is 5.56 Å². The lowest BCUT2D eigenvalue weighted by atomic mass is 9.51. The van der Waals surface area contributed by atoms with E-state index in [0.29, 0.717) is 5.41 Å². The highest BCUT2D eigenvalue weighted by Gasteiger charge is 2.48. The molecule has 0 aromatic heterocycles. The molecule has 3 saturated carbocycles. The Kier molecular flexibility index (Phi) is 3.32. The molecule has 2 bridgehead atoms. The van der Waals surface area contributed by atoms with Crippen LogP contribution in [0.2, 0.25) is 0 Å². The molecule has 0 aliphatic heterocycles. The third kappa shape index (κ3) is 2.04. The van der Waals surface area contributed by atoms with Crippen LogP contribution in [0.1, 0.15) is 69.4 Å². The third-order valence-corrected chi connectivity index (χ3v) is 5.88. The monoisotopic (exact) mass is 271 g/mol. The molecule has 3 aliphatic carbocycles. The summed E-state index contributed by atoms with van der Waals surface area (Å²) in [5.41, 5.74) is 2.06. The zero-order valence-electron chi connectivity index (χ0n) is 12.2. The van der Waals surface area contributed by atoms with Crippen molar-refractivity contribution >= 4 is 0 Å². The molecule has 0 radical (unpaired) electrons. The summed E-state index contributed by atoms with van der Waals surface area (Å²) >= 11 is 0. The first kappa shape index (κ1) is 13.6. The second-order valence-corrected chi connectivity index (χ2v) is 6.84. The van der Waals surface area contributed by atoms with Crippen LogP contribution >= 0.6 is 0 Å². The average Bonchev–Trinajstić information content (AvgIpc) is 2.49. The van der Waals surface area contributed by atoms with E-state index < -0.39 is 0 Å². The fourth-order valence-electron chi connectivity index (χ4n) is 4.54. The van der Waals surface area contributed by atoms with Crippen LogP contribution in [0.3, 0.4) is 0 Å². The van der Waals surface area contributed by atoms with E-state index in [4.69, 9.17) is 5.26 Å². The van der Waals surface area contributed by atoms with Gasteiger partial charge in [0.15, 0.2) is 0 Å². The van der Waals surface area contributed by atoms with Gasteiger partial charge in [0, 0.05) is 0 Å². The maximum absolute atomic E-state index is 13.9. The first-order chi connectivity index (χ1) is 9.63. The summed E-state index contributed by atoms with van der Waals surface area (Å²) in [6, 6.07) is 7.18. The Morgan fingerprint density at radius 2 is 1.80 bits per heavy atom. The molecular formula is C18H22FN. The van der Waals surface area contributed by atoms with Gasteiger partial charge in [0.1, 0.15) is 11.9 Å². The minimum absolute atomic E-state index is 0.164. The van der Waals surface area contributed by atoms with Crippen molar-refractivity contribution < 1.29 is 4.39 Å². The third-order valence-electron chi connectivity index (χ3n) is 5.88. The summed E-state index contributed by atoms with van der Waals surface area (Å²) < 4.78 is 13.9. The lowest BCUT2D eigenvalue weighted by Crippen LogP contribution is -2.44. The summed E-state index contributed by atoms with van der Waals surface area (Å²) in [5.74, 6) is -0.352. The molecule has 2 heteroatoms. The minimum Gasteiger partial charge on any atom is -0.206 e. The van der Waals surface area contributed by atoms with Crippen LogP contribution in [0.5, 0.6) is 0 Å². The molecule has 20 heavy (non-hydrogen) atoms. The molecular weight excluding hydrogens is 249 g/mol. The molecule has 3 aliphatic rings. The number of nitriles is 1. The molecule has 106 valence electrons. The largest absolute Gasteiger partial charge is 0.206 e. The number of rotatable bonds is 3. The molecule has 0 saturated heterocycles. The van der Waals surface area contributed by atoms with Crippen molar-refractivity contribution in [2.45, 2.75) is 63.7 Å². The quantitative estimate of drug-likeness (QED) is 0.751. The van der Waals surface area contributed by atoms with Crippen molar-refractivity contribution in [3.05, 3.63) is 35.1 Å². The van der Waals surface area contributed by atoms with Crippen LogP contribution in [-0.2, 0) is 5.41 Å². The number of benzene rings is 1. The maximum Gasteiger partial charge on any atom is 0.141 e. The average molecular weight is 271 g/mol. The number of nitrogens with zero attached hydrogens (tertiary/aromatic N) is 1. The molecule has 0 heterocycles. The lowest BCUT2D eigenvalue weighted by Gasteiger charge is -2.54. The van der Waals surface area contributed by atoms with Gasteiger partial charge in [-0.2, -0.15) is 5.26 Å². The van der Waals surface area contributed by atoms with Crippen LogP contribution in [0.4, 0.5) is 4.39 Å². The van der Waals surface area contributed by atoms with Gasteiger partial charge in [0.2, 0.25) is 0 Å². The fourth-order valence-corrected chi connectivity index (χ4v) is 4.54. The first-order valence-electron chi connectivity index (χ1n) is 7.83. The van der Waals surface area contributed by atoms with Gasteiger partial charge in [-0.15, -0.1) is 0 Å². The zero-order chi connectivity index (χ0) is 14.2. The van der Waals surface area contributed by atoms with E-state index in [1.165, 1.54) is 51.4 Å². The lowest BCUT2D eigenvalue weighted by molar-refractivity contribution is 0.0319. The Morgan fingerprint density at radius 1 is 1.15 bits per heavy atom. The van der Waals surface area contributed by atoms with Gasteiger partial charge < -0.3 is 0 Å². The molecule has 4 rings (SSSR count). The van der Waals surface area contributed by atoms with E-state index in [1.807, 2.05) is 12.1 Å². The summed E-state index contributed by atoms with van der Waals surface area (Å²) in [4.78, 5) is 0. The molecule has 0 amide bonds. The minimum atomic E-state index is -0.352. The SMILES string of the molecule is CCCC12CCC(c3ccc(C#N)c(F)c3)(CC1)CC2. The highest BCUT2D eigenvalue weighted by molar-refractivity contribution is 5.37. The van der Waals surface area contributed by atoms with Crippen molar-refractivity contribution in [2.24, 2.45) is 5.41 Å². The van der Waals surface area contributed by atoms with Crippen LogP contribution in [0.25, 0.3) is 0 Å². The van der Waals surface area contributed by atoms with Gasteiger partial charge >= 0.3 is 0 Å². The van der Waals surface area contributed by atoms with Crippen molar-refractivity contribution in [3.63, 3.8) is 0 Å². The van der Waals surface area contributed by atoms with Crippen LogP contribution < -0.4 is 0 Å². The van der Waals surface area contributed by atoms with Crippen molar-refractivity contribution in [2.75, 3.05) is 0 Å². The molecule has 3 fully saturated rings. The number of halogens is 1. The molecule has 1 aromatic rings. The molecule has 0 N–H and O–H groups in total. The van der Waals surface area contributed by atoms with Gasteiger partial charge in [-0.3, -0.25) is 0 Å². The van der Waals surface area contributed by atoms with E-state index in [2.05, 4.69) is 6.92 Å². The Balaban J connectivity index is 1.86. The van der Waals surface area contributed by atoms with Gasteiger partial charge in [-0.05, 0) is 73.5 Å². The molecule has 0 unspecified atom stereocenters. The Labute approximate surface area is 120 Å². The standard InChI is InChI=1S/C18H22FN/c1-2-5-17-6-9-18(10-7-17,11-8-17)15-4-3-14(13-20)16(19)12-15/h3-4,12H,2,5-11H2,1H3.